The van der Waals surface area contributed by atoms with Gasteiger partial charge in [-0.15, -0.1) is 0 Å². The van der Waals surface area contributed by atoms with Gasteiger partial charge in [0, 0.05) is 24.0 Å². The van der Waals surface area contributed by atoms with Crippen molar-refractivity contribution in [2.24, 2.45) is 23.5 Å². The lowest BCUT2D eigenvalue weighted by molar-refractivity contribution is -0.143. The van der Waals surface area contributed by atoms with Crippen LogP contribution >= 0.6 is 0 Å². The maximum absolute atomic E-state index is 13.1. The SMILES string of the molecule is N#CC1CC2CC2N1C(=O)[C@@H](N)C1CC2CCC(C1)N2C(=O)C1CCCCC1. The van der Waals surface area contributed by atoms with E-state index in [1.165, 1.54) is 19.3 Å². The molecule has 5 fully saturated rings. The fraction of sp³-hybridized carbons (Fsp3) is 0.864. The fourth-order valence-electron chi connectivity index (χ4n) is 6.70. The summed E-state index contributed by atoms with van der Waals surface area (Å²) in [6, 6.07) is 2.27. The van der Waals surface area contributed by atoms with E-state index < -0.39 is 6.04 Å². The van der Waals surface area contributed by atoms with Crippen molar-refractivity contribution in [2.75, 3.05) is 0 Å². The molecule has 5 unspecified atom stereocenters. The third kappa shape index (κ3) is 2.94. The molecule has 3 heterocycles. The first-order chi connectivity index (χ1) is 13.6. The van der Waals surface area contributed by atoms with E-state index in [1.807, 2.05) is 0 Å². The Bertz CT molecular complexity index is 683. The predicted octanol–water partition coefficient (Wildman–Crippen LogP) is 2.18. The van der Waals surface area contributed by atoms with Crippen LogP contribution in [0.5, 0.6) is 0 Å². The number of fused-ring (bicyclic) bond motifs is 3. The highest BCUT2D eigenvalue weighted by Crippen LogP contribution is 2.48. The van der Waals surface area contributed by atoms with E-state index in [0.717, 1.165) is 51.4 Å². The van der Waals surface area contributed by atoms with E-state index in [1.54, 1.807) is 4.90 Å². The van der Waals surface area contributed by atoms with E-state index in [0.29, 0.717) is 11.8 Å². The van der Waals surface area contributed by atoms with Gasteiger partial charge >= 0.3 is 0 Å². The Kier molecular flexibility index (Phi) is 4.62. The molecule has 5 aliphatic rings. The van der Waals surface area contributed by atoms with Crippen LogP contribution in [0.2, 0.25) is 0 Å². The summed E-state index contributed by atoms with van der Waals surface area (Å²) in [6.07, 6.45) is 11.4. The van der Waals surface area contributed by atoms with Crippen LogP contribution < -0.4 is 5.73 Å². The number of amides is 2. The molecule has 6 nitrogen and oxygen atoms in total. The minimum Gasteiger partial charge on any atom is -0.336 e. The quantitative estimate of drug-likeness (QED) is 0.807. The fourth-order valence-corrected chi connectivity index (χ4v) is 6.70. The van der Waals surface area contributed by atoms with Gasteiger partial charge in [-0.25, -0.2) is 0 Å². The first-order valence-corrected chi connectivity index (χ1v) is 11.4. The van der Waals surface area contributed by atoms with Crippen molar-refractivity contribution in [1.29, 1.82) is 5.26 Å². The molecule has 152 valence electrons. The zero-order chi connectivity index (χ0) is 19.4. The van der Waals surface area contributed by atoms with E-state index in [4.69, 9.17) is 5.73 Å². The summed E-state index contributed by atoms with van der Waals surface area (Å²) in [5, 5.41) is 9.40. The second kappa shape index (κ2) is 7.02. The van der Waals surface area contributed by atoms with Crippen molar-refractivity contribution in [3.63, 3.8) is 0 Å². The summed E-state index contributed by atoms with van der Waals surface area (Å²) in [6.45, 7) is 0. The van der Waals surface area contributed by atoms with Gasteiger partial charge in [-0.3, -0.25) is 9.59 Å². The lowest BCUT2D eigenvalue weighted by Gasteiger charge is -2.43. The third-order valence-electron chi connectivity index (χ3n) is 8.28. The molecule has 3 aliphatic heterocycles. The molecule has 0 aromatic carbocycles. The number of rotatable bonds is 3. The zero-order valence-electron chi connectivity index (χ0n) is 16.6. The summed E-state index contributed by atoms with van der Waals surface area (Å²) < 4.78 is 0. The van der Waals surface area contributed by atoms with Crippen molar-refractivity contribution < 1.29 is 9.59 Å². The Morgan fingerprint density at radius 2 is 1.61 bits per heavy atom. The van der Waals surface area contributed by atoms with Crippen molar-refractivity contribution in [1.82, 2.24) is 9.80 Å². The molecular formula is C22H32N4O2. The maximum Gasteiger partial charge on any atom is 0.241 e. The van der Waals surface area contributed by atoms with Crippen LogP contribution in [0.1, 0.15) is 70.6 Å². The number of carbonyl (C=O) groups excluding carboxylic acids is 2. The molecule has 2 saturated carbocycles. The Hall–Kier alpha value is -1.61. The van der Waals surface area contributed by atoms with Gasteiger partial charge < -0.3 is 15.5 Å². The molecule has 6 heteroatoms. The van der Waals surface area contributed by atoms with Gasteiger partial charge in [-0.1, -0.05) is 19.3 Å². The van der Waals surface area contributed by atoms with E-state index >= 15 is 0 Å². The van der Waals surface area contributed by atoms with E-state index in [2.05, 4.69) is 11.0 Å². The monoisotopic (exact) mass is 384 g/mol. The van der Waals surface area contributed by atoms with Gasteiger partial charge in [0.2, 0.25) is 11.8 Å². The molecule has 2 bridgehead atoms. The summed E-state index contributed by atoms with van der Waals surface area (Å²) in [5.41, 5.74) is 6.48. The Balaban J connectivity index is 1.25. The predicted molar refractivity (Wildman–Crippen MR) is 104 cm³/mol. The average molecular weight is 385 g/mol. The summed E-state index contributed by atoms with van der Waals surface area (Å²) >= 11 is 0. The van der Waals surface area contributed by atoms with Crippen molar-refractivity contribution in [3.05, 3.63) is 0 Å². The molecule has 0 radical (unpaired) electrons. The lowest BCUT2D eigenvalue weighted by Crippen LogP contribution is -2.56. The molecule has 28 heavy (non-hydrogen) atoms. The molecule has 3 saturated heterocycles. The summed E-state index contributed by atoms with van der Waals surface area (Å²) in [5.74, 6) is 1.23. The number of likely N-dealkylation sites (tertiary alicyclic amines) is 1. The first-order valence-electron chi connectivity index (χ1n) is 11.4. The van der Waals surface area contributed by atoms with Crippen LogP contribution in [-0.2, 0) is 9.59 Å². The highest BCUT2D eigenvalue weighted by atomic mass is 16.2. The summed E-state index contributed by atoms with van der Waals surface area (Å²) in [7, 11) is 0. The van der Waals surface area contributed by atoms with Crippen molar-refractivity contribution in [2.45, 2.75) is 101 Å². The number of nitrogens with two attached hydrogens (primary N) is 1. The van der Waals surface area contributed by atoms with E-state index in [9.17, 15) is 14.9 Å². The molecule has 2 amide bonds. The zero-order valence-corrected chi connectivity index (χ0v) is 16.6. The smallest absolute Gasteiger partial charge is 0.241 e. The second-order valence-corrected chi connectivity index (χ2v) is 9.91. The van der Waals surface area contributed by atoms with E-state index in [-0.39, 0.29) is 41.9 Å². The van der Waals surface area contributed by atoms with Gasteiger partial charge in [0.1, 0.15) is 6.04 Å². The topological polar surface area (TPSA) is 90.4 Å². The minimum absolute atomic E-state index is 0.0204. The van der Waals surface area contributed by atoms with Crippen molar-refractivity contribution in [3.8, 4) is 6.07 Å². The normalized spacial score (nSPS) is 40.7. The minimum atomic E-state index is -0.523. The Morgan fingerprint density at radius 3 is 2.25 bits per heavy atom. The van der Waals surface area contributed by atoms with Crippen LogP contribution in [0, 0.1) is 29.1 Å². The standard InChI is InChI=1S/C22H32N4O2/c23-12-18-8-14-11-19(14)26(18)22(28)20(24)15-9-16-6-7-17(10-15)25(16)21(27)13-4-2-1-3-5-13/h13-20H,1-11,24H2/t14?,15?,16?,17?,18?,19?,20-/m0/s1. The van der Waals surface area contributed by atoms with Gasteiger partial charge in [-0.05, 0) is 63.2 Å². The lowest BCUT2D eigenvalue weighted by atomic mass is 9.82. The molecule has 6 atom stereocenters. The second-order valence-electron chi connectivity index (χ2n) is 9.91. The van der Waals surface area contributed by atoms with Gasteiger partial charge in [0.25, 0.3) is 0 Å². The number of nitrogens with zero attached hydrogens (tertiary/aromatic N) is 3. The molecule has 2 aliphatic carbocycles. The highest BCUT2D eigenvalue weighted by Gasteiger charge is 2.56. The number of carbonyl (C=O) groups is 2. The Labute approximate surface area is 167 Å². The molecule has 5 rings (SSSR count). The molecule has 0 aromatic rings. The molecule has 2 N–H and O–H groups in total. The number of piperidine rings is 2. The number of nitriles is 1. The van der Waals surface area contributed by atoms with Gasteiger partial charge in [0.15, 0.2) is 0 Å². The maximum atomic E-state index is 13.1. The van der Waals surface area contributed by atoms with Crippen LogP contribution in [0.3, 0.4) is 0 Å². The van der Waals surface area contributed by atoms with Gasteiger partial charge in [-0.2, -0.15) is 5.26 Å². The molecule has 0 aromatic heterocycles. The molecule has 0 spiro atoms. The third-order valence-corrected chi connectivity index (χ3v) is 8.28. The largest absolute Gasteiger partial charge is 0.336 e. The number of hydrogen-bond donors (Lipinski definition) is 1. The van der Waals surface area contributed by atoms with Crippen LogP contribution in [0.15, 0.2) is 0 Å². The van der Waals surface area contributed by atoms with Crippen LogP contribution in [0.25, 0.3) is 0 Å². The molecular weight excluding hydrogens is 352 g/mol. The van der Waals surface area contributed by atoms with Gasteiger partial charge in [0.05, 0.1) is 12.1 Å². The number of hydrogen-bond acceptors (Lipinski definition) is 4. The summed E-state index contributed by atoms with van der Waals surface area (Å²) in [4.78, 5) is 30.3. The highest BCUT2D eigenvalue weighted by molar-refractivity contribution is 5.84. The van der Waals surface area contributed by atoms with Crippen LogP contribution in [0.4, 0.5) is 0 Å². The average Bonchev–Trinajstić information content (AvgIpc) is 3.32. The van der Waals surface area contributed by atoms with Crippen LogP contribution in [-0.4, -0.2) is 51.8 Å². The first kappa shape index (κ1) is 18.4. The Morgan fingerprint density at radius 1 is 0.929 bits per heavy atom. The van der Waals surface area contributed by atoms with Crippen molar-refractivity contribution >= 4 is 11.8 Å².